The number of benzene rings is 1. The lowest BCUT2D eigenvalue weighted by molar-refractivity contribution is 0.213. The van der Waals surface area contributed by atoms with Crippen LogP contribution in [-0.2, 0) is 23.5 Å². The van der Waals surface area contributed by atoms with Gasteiger partial charge < -0.3 is 9.30 Å². The van der Waals surface area contributed by atoms with Crippen LogP contribution < -0.4 is 4.74 Å². The molecule has 0 N–H and O–H groups in total. The Labute approximate surface area is 181 Å². The van der Waals surface area contributed by atoms with Crippen molar-refractivity contribution in [1.82, 2.24) is 9.55 Å². The molecule has 0 atom stereocenters. The minimum Gasteiger partial charge on any atom is -0.396 e. The molecule has 0 saturated carbocycles. The highest BCUT2D eigenvalue weighted by Crippen LogP contribution is 2.40. The van der Waals surface area contributed by atoms with Crippen molar-refractivity contribution in [3.63, 3.8) is 0 Å². The minimum absolute atomic E-state index is 0.349. The average molecular weight is 446 g/mol. The first kappa shape index (κ1) is 21.9. The number of rotatable bonds is 6. The molecule has 158 valence electrons. The van der Waals surface area contributed by atoms with Gasteiger partial charge >= 0.3 is 16.6 Å². The molecule has 0 aliphatic heterocycles. The quantitative estimate of drug-likeness (QED) is 0.530. The van der Waals surface area contributed by atoms with Gasteiger partial charge in [0, 0.05) is 29.4 Å². The maximum Gasteiger partial charge on any atom is 0.455 e. The van der Waals surface area contributed by atoms with Crippen LogP contribution in [0.15, 0.2) is 41.0 Å². The summed E-state index contributed by atoms with van der Waals surface area (Å²) >= 11 is 1.34. The maximum atomic E-state index is 11.8. The number of amides is 1. The van der Waals surface area contributed by atoms with Crippen molar-refractivity contribution in [2.45, 2.75) is 40.7 Å². The van der Waals surface area contributed by atoms with Crippen LogP contribution in [0.2, 0.25) is 0 Å². The van der Waals surface area contributed by atoms with Gasteiger partial charge in [0.05, 0.1) is 0 Å². The van der Waals surface area contributed by atoms with Gasteiger partial charge in [0.25, 0.3) is 0 Å². The summed E-state index contributed by atoms with van der Waals surface area (Å²) in [6.07, 6.45) is 3.41. The van der Waals surface area contributed by atoms with Gasteiger partial charge in [0.2, 0.25) is 0 Å². The molecule has 9 heteroatoms. The zero-order valence-electron chi connectivity index (χ0n) is 17.2. The fourth-order valence-electron chi connectivity index (χ4n) is 3.16. The summed E-state index contributed by atoms with van der Waals surface area (Å²) in [5, 5.41) is 0.349. The number of carbonyl (C=O) groups is 1. The van der Waals surface area contributed by atoms with Gasteiger partial charge in [0.15, 0.2) is 5.06 Å². The zero-order valence-corrected chi connectivity index (χ0v) is 18.9. The van der Waals surface area contributed by atoms with E-state index in [1.54, 1.807) is 6.20 Å². The topological polar surface area (TPSA) is 90.6 Å². The van der Waals surface area contributed by atoms with Gasteiger partial charge in [-0.1, -0.05) is 36.4 Å². The van der Waals surface area contributed by atoms with Crippen LogP contribution in [-0.4, -0.2) is 24.1 Å². The smallest absolute Gasteiger partial charge is 0.396 e. The fraction of sp³-hybridized carbons (Fsp3) is 0.333. The van der Waals surface area contributed by atoms with Crippen LogP contribution in [0, 0.1) is 19.8 Å². The first-order chi connectivity index (χ1) is 14.2. The van der Waals surface area contributed by atoms with E-state index in [0.29, 0.717) is 11.0 Å². The average Bonchev–Trinajstić information content (AvgIpc) is 3.21. The third kappa shape index (κ3) is 5.43. The summed E-state index contributed by atoms with van der Waals surface area (Å²) in [5.74, 6) is 1.38. The number of imidazole rings is 1. The number of thiophene rings is 1. The molecule has 30 heavy (non-hydrogen) atoms. The molecule has 7 nitrogen and oxygen atoms in total. The van der Waals surface area contributed by atoms with Crippen LogP contribution in [0.3, 0.4) is 0 Å². The first-order valence-electron chi connectivity index (χ1n) is 9.46. The SMILES string of the molecule is Cc1cc(-c2cc(CC(C)C)sc2OC(=O)N=S(=O)=O)ccc1Cn1ccnc1C. The number of nitrogens with zero attached hydrogens (tertiary/aromatic N) is 3. The molecule has 0 aliphatic carbocycles. The maximum absolute atomic E-state index is 11.8. The second-order valence-electron chi connectivity index (χ2n) is 7.43. The second kappa shape index (κ2) is 9.36. The molecule has 1 amide bonds. The molecule has 0 spiro atoms. The molecule has 2 heterocycles. The normalized spacial score (nSPS) is 11.0. The van der Waals surface area contributed by atoms with Crippen LogP contribution in [0.4, 0.5) is 4.79 Å². The van der Waals surface area contributed by atoms with Crippen LogP contribution in [0.1, 0.15) is 35.7 Å². The van der Waals surface area contributed by atoms with E-state index in [4.69, 9.17) is 4.74 Å². The predicted octanol–water partition coefficient (Wildman–Crippen LogP) is 5.04. The van der Waals surface area contributed by atoms with E-state index in [1.807, 2.05) is 44.3 Å². The third-order valence-corrected chi connectivity index (χ3v) is 5.94. The van der Waals surface area contributed by atoms with Gasteiger partial charge in [-0.05, 0) is 48.9 Å². The van der Waals surface area contributed by atoms with E-state index in [9.17, 15) is 13.2 Å². The molecule has 0 radical (unpaired) electrons. The lowest BCUT2D eigenvalue weighted by atomic mass is 10.0. The van der Waals surface area contributed by atoms with Crippen molar-refractivity contribution >= 4 is 27.9 Å². The summed E-state index contributed by atoms with van der Waals surface area (Å²) < 4.78 is 31.6. The van der Waals surface area contributed by atoms with Gasteiger partial charge in [-0.25, -0.2) is 9.78 Å². The molecule has 3 aromatic rings. The second-order valence-corrected chi connectivity index (χ2v) is 9.15. The molecular weight excluding hydrogens is 422 g/mol. The molecule has 0 bridgehead atoms. The molecular formula is C21H23N3O4S2. The molecule has 0 saturated heterocycles. The molecule has 0 unspecified atom stereocenters. The summed E-state index contributed by atoms with van der Waals surface area (Å²) in [6, 6.07) is 8.07. The summed E-state index contributed by atoms with van der Waals surface area (Å²) in [4.78, 5) is 17.1. The van der Waals surface area contributed by atoms with E-state index < -0.39 is 16.6 Å². The monoisotopic (exact) mass is 445 g/mol. The molecule has 3 rings (SSSR count). The van der Waals surface area contributed by atoms with Crippen molar-refractivity contribution in [1.29, 1.82) is 0 Å². The Morgan fingerprint density at radius 1 is 1.27 bits per heavy atom. The van der Waals surface area contributed by atoms with Crippen molar-refractivity contribution in [2.75, 3.05) is 0 Å². The van der Waals surface area contributed by atoms with Gasteiger partial charge in [-0.3, -0.25) is 0 Å². The van der Waals surface area contributed by atoms with Gasteiger partial charge in [-0.2, -0.15) is 8.42 Å². The van der Waals surface area contributed by atoms with E-state index in [2.05, 4.69) is 27.8 Å². The Morgan fingerprint density at radius 2 is 2.03 bits per heavy atom. The highest BCUT2D eigenvalue weighted by molar-refractivity contribution is 7.62. The molecule has 2 aromatic heterocycles. The van der Waals surface area contributed by atoms with Crippen LogP contribution >= 0.6 is 11.3 Å². The van der Waals surface area contributed by atoms with Crippen molar-refractivity contribution < 1.29 is 17.9 Å². The number of aryl methyl sites for hydroxylation is 2. The Bertz CT molecular complexity index is 1200. The Hall–Kier alpha value is -2.78. The standard InChI is InChI=1S/C21H23N3O4S2/c1-13(2)9-18-11-19(20(29-18)28-21(25)23-30(26)27)16-5-6-17(14(3)10-16)12-24-8-7-22-15(24)4/h5-8,10-11,13H,9,12H2,1-4H3. The van der Waals surface area contributed by atoms with E-state index in [0.717, 1.165) is 45.9 Å². The van der Waals surface area contributed by atoms with E-state index in [1.165, 1.54) is 11.3 Å². The van der Waals surface area contributed by atoms with E-state index >= 15 is 0 Å². The number of hydrogen-bond acceptors (Lipinski definition) is 6. The number of carbonyl (C=O) groups excluding carboxylic acids is 1. The molecule has 0 fully saturated rings. The fourth-order valence-corrected chi connectivity index (χ4v) is 4.55. The third-order valence-electron chi connectivity index (χ3n) is 4.61. The molecule has 1 aromatic carbocycles. The minimum atomic E-state index is -2.85. The lowest BCUT2D eigenvalue weighted by Crippen LogP contribution is -2.03. The number of aromatic nitrogens is 2. The van der Waals surface area contributed by atoms with Gasteiger partial charge in [-0.15, -0.1) is 11.3 Å². The summed E-state index contributed by atoms with van der Waals surface area (Å²) in [6.45, 7) is 8.94. The Balaban J connectivity index is 1.95. The van der Waals surface area contributed by atoms with Crippen molar-refractivity contribution in [3.05, 3.63) is 58.5 Å². The molecule has 0 aliphatic rings. The first-order valence-corrected chi connectivity index (χ1v) is 11.3. The highest BCUT2D eigenvalue weighted by Gasteiger charge is 2.17. The zero-order chi connectivity index (χ0) is 21.8. The lowest BCUT2D eigenvalue weighted by Gasteiger charge is -2.11. The number of ether oxygens (including phenoxy) is 1. The van der Waals surface area contributed by atoms with E-state index in [-0.39, 0.29) is 0 Å². The largest absolute Gasteiger partial charge is 0.455 e. The van der Waals surface area contributed by atoms with Gasteiger partial charge in [0.1, 0.15) is 5.82 Å². The number of hydrogen-bond donors (Lipinski definition) is 0. The van der Waals surface area contributed by atoms with Crippen molar-refractivity contribution in [2.24, 2.45) is 10.3 Å². The summed E-state index contributed by atoms with van der Waals surface area (Å²) in [5.41, 5.74) is 3.91. The summed E-state index contributed by atoms with van der Waals surface area (Å²) in [7, 11) is -2.85. The predicted molar refractivity (Wildman–Crippen MR) is 116 cm³/mol. The van der Waals surface area contributed by atoms with Crippen LogP contribution in [0.25, 0.3) is 11.1 Å². The van der Waals surface area contributed by atoms with Crippen LogP contribution in [0.5, 0.6) is 5.06 Å². The highest BCUT2D eigenvalue weighted by atomic mass is 32.2. The van der Waals surface area contributed by atoms with Crippen molar-refractivity contribution in [3.8, 4) is 16.2 Å². The Kier molecular flexibility index (Phi) is 6.84. The Morgan fingerprint density at radius 3 is 2.63 bits per heavy atom.